The molecule has 17 heavy (non-hydrogen) atoms. The van der Waals surface area contributed by atoms with Gasteiger partial charge >= 0.3 is 12.0 Å². The molecular formula is C10H11N3O4. The number of carbonyl (C=O) groups excluding carboxylic acids is 2. The molecule has 0 fully saturated rings. The first-order valence-electron chi connectivity index (χ1n) is 4.66. The maximum absolute atomic E-state index is 11.4. The third-order valence-corrected chi connectivity index (χ3v) is 1.91. The number of carboxylic acid groups (broad SMARTS) is 1. The zero-order valence-corrected chi connectivity index (χ0v) is 8.98. The van der Waals surface area contributed by atoms with E-state index in [1.165, 1.54) is 31.3 Å². The van der Waals surface area contributed by atoms with Crippen molar-refractivity contribution in [2.75, 3.05) is 7.05 Å². The highest BCUT2D eigenvalue weighted by atomic mass is 16.4. The van der Waals surface area contributed by atoms with Gasteiger partial charge in [0.1, 0.15) is 0 Å². The minimum absolute atomic E-state index is 0.0841. The number of hydrogen-bond donors (Lipinski definition) is 4. The molecule has 1 aromatic carbocycles. The minimum atomic E-state index is -1.07. The number of hydrogen-bond acceptors (Lipinski definition) is 3. The van der Waals surface area contributed by atoms with Gasteiger partial charge in [0.2, 0.25) is 0 Å². The molecular weight excluding hydrogens is 226 g/mol. The zero-order valence-electron chi connectivity index (χ0n) is 8.98. The SMILES string of the molecule is CNC(=O)NNC(=O)c1ccc(C(=O)O)cc1. The van der Waals surface area contributed by atoms with E-state index in [1.54, 1.807) is 0 Å². The van der Waals surface area contributed by atoms with Gasteiger partial charge in [-0.3, -0.25) is 10.2 Å². The molecule has 1 rings (SSSR count). The number of benzene rings is 1. The first-order chi connectivity index (χ1) is 8.04. The topological polar surface area (TPSA) is 108 Å². The minimum Gasteiger partial charge on any atom is -0.478 e. The fraction of sp³-hybridized carbons (Fsp3) is 0.100. The molecule has 0 aliphatic rings. The maximum atomic E-state index is 11.4. The van der Waals surface area contributed by atoms with Crippen LogP contribution in [-0.2, 0) is 0 Å². The highest BCUT2D eigenvalue weighted by molar-refractivity contribution is 5.96. The van der Waals surface area contributed by atoms with Crippen LogP contribution in [0.15, 0.2) is 24.3 Å². The van der Waals surface area contributed by atoms with Gasteiger partial charge in [0.25, 0.3) is 5.91 Å². The molecule has 4 N–H and O–H groups in total. The lowest BCUT2D eigenvalue weighted by molar-refractivity contribution is 0.0696. The van der Waals surface area contributed by atoms with E-state index in [4.69, 9.17) is 5.11 Å². The first kappa shape index (κ1) is 12.5. The Morgan fingerprint density at radius 2 is 1.53 bits per heavy atom. The Labute approximate surface area is 96.8 Å². The predicted molar refractivity (Wildman–Crippen MR) is 58.5 cm³/mol. The lowest BCUT2D eigenvalue weighted by Gasteiger charge is -2.06. The molecule has 90 valence electrons. The van der Waals surface area contributed by atoms with E-state index in [2.05, 4.69) is 16.2 Å². The van der Waals surface area contributed by atoms with Crippen LogP contribution in [0.3, 0.4) is 0 Å². The van der Waals surface area contributed by atoms with Crippen LogP contribution in [-0.4, -0.2) is 30.1 Å². The van der Waals surface area contributed by atoms with Crippen molar-refractivity contribution in [1.82, 2.24) is 16.2 Å². The van der Waals surface area contributed by atoms with E-state index >= 15 is 0 Å². The van der Waals surface area contributed by atoms with Crippen molar-refractivity contribution in [2.45, 2.75) is 0 Å². The molecule has 0 unspecified atom stereocenters. The van der Waals surface area contributed by atoms with Gasteiger partial charge in [-0.1, -0.05) is 0 Å². The van der Waals surface area contributed by atoms with E-state index in [9.17, 15) is 14.4 Å². The van der Waals surface area contributed by atoms with E-state index in [0.717, 1.165) is 0 Å². The van der Waals surface area contributed by atoms with E-state index in [1.807, 2.05) is 0 Å². The van der Waals surface area contributed by atoms with Crippen LogP contribution >= 0.6 is 0 Å². The summed E-state index contributed by atoms with van der Waals surface area (Å²) in [6, 6.07) is 4.75. The Morgan fingerprint density at radius 3 is 2.00 bits per heavy atom. The summed E-state index contributed by atoms with van der Waals surface area (Å²) in [6.45, 7) is 0. The molecule has 0 saturated carbocycles. The highest BCUT2D eigenvalue weighted by Gasteiger charge is 2.08. The van der Waals surface area contributed by atoms with E-state index < -0.39 is 17.9 Å². The number of amides is 3. The van der Waals surface area contributed by atoms with Gasteiger partial charge in [-0.05, 0) is 24.3 Å². The first-order valence-corrected chi connectivity index (χ1v) is 4.66. The normalized spacial score (nSPS) is 9.24. The van der Waals surface area contributed by atoms with Gasteiger partial charge < -0.3 is 10.4 Å². The van der Waals surface area contributed by atoms with Gasteiger partial charge in [-0.25, -0.2) is 15.0 Å². The van der Waals surface area contributed by atoms with Crippen LogP contribution in [0.25, 0.3) is 0 Å². The number of carboxylic acids is 1. The monoisotopic (exact) mass is 237 g/mol. The molecule has 0 aliphatic carbocycles. The second-order valence-electron chi connectivity index (χ2n) is 3.04. The highest BCUT2D eigenvalue weighted by Crippen LogP contribution is 2.03. The summed E-state index contributed by atoms with van der Waals surface area (Å²) in [7, 11) is 1.41. The number of rotatable bonds is 2. The molecule has 0 bridgehead atoms. The quantitative estimate of drug-likeness (QED) is 0.541. The molecule has 7 heteroatoms. The second kappa shape index (κ2) is 5.50. The predicted octanol–water partition coefficient (Wildman–Crippen LogP) is -0.0414. The zero-order chi connectivity index (χ0) is 12.8. The Balaban J connectivity index is 2.64. The third-order valence-electron chi connectivity index (χ3n) is 1.91. The summed E-state index contributed by atoms with van der Waals surface area (Å²) >= 11 is 0. The second-order valence-corrected chi connectivity index (χ2v) is 3.04. The molecule has 1 aromatic rings. The van der Waals surface area contributed by atoms with Gasteiger partial charge in [0.15, 0.2) is 0 Å². The Morgan fingerprint density at radius 1 is 1.00 bits per heavy atom. The number of hydrazine groups is 1. The molecule has 7 nitrogen and oxygen atoms in total. The average molecular weight is 237 g/mol. The molecule has 0 aliphatic heterocycles. The fourth-order valence-electron chi connectivity index (χ4n) is 1.01. The summed E-state index contributed by atoms with van der Waals surface area (Å²) in [5, 5.41) is 10.9. The molecule has 3 amide bonds. The Bertz CT molecular complexity index is 441. The number of aromatic carboxylic acids is 1. The largest absolute Gasteiger partial charge is 0.478 e. The van der Waals surface area contributed by atoms with Crippen molar-refractivity contribution in [3.05, 3.63) is 35.4 Å². The molecule has 0 saturated heterocycles. The van der Waals surface area contributed by atoms with Crippen LogP contribution in [0.1, 0.15) is 20.7 Å². The van der Waals surface area contributed by atoms with Crippen molar-refractivity contribution in [3.63, 3.8) is 0 Å². The van der Waals surface area contributed by atoms with Crippen LogP contribution in [0.2, 0.25) is 0 Å². The van der Waals surface area contributed by atoms with Gasteiger partial charge in [-0.15, -0.1) is 0 Å². The summed E-state index contributed by atoms with van der Waals surface area (Å²) < 4.78 is 0. The van der Waals surface area contributed by atoms with Crippen molar-refractivity contribution < 1.29 is 19.5 Å². The van der Waals surface area contributed by atoms with Crippen molar-refractivity contribution in [3.8, 4) is 0 Å². The third kappa shape index (κ3) is 3.49. The van der Waals surface area contributed by atoms with Crippen LogP contribution in [0.4, 0.5) is 4.79 Å². The van der Waals surface area contributed by atoms with Crippen molar-refractivity contribution in [2.24, 2.45) is 0 Å². The molecule has 0 spiro atoms. The lowest BCUT2D eigenvalue weighted by atomic mass is 10.1. The molecule has 0 atom stereocenters. The molecule has 0 radical (unpaired) electrons. The van der Waals surface area contributed by atoms with Crippen LogP contribution in [0, 0.1) is 0 Å². The Hall–Kier alpha value is -2.57. The van der Waals surface area contributed by atoms with Crippen LogP contribution < -0.4 is 16.2 Å². The maximum Gasteiger partial charge on any atom is 0.335 e. The average Bonchev–Trinajstić information content (AvgIpc) is 2.35. The smallest absolute Gasteiger partial charge is 0.335 e. The number of urea groups is 1. The summed E-state index contributed by atoms with van der Waals surface area (Å²) in [5.74, 6) is -1.61. The Kier molecular flexibility index (Phi) is 4.04. The summed E-state index contributed by atoms with van der Waals surface area (Å²) in [6.07, 6.45) is 0. The van der Waals surface area contributed by atoms with E-state index in [-0.39, 0.29) is 11.1 Å². The summed E-state index contributed by atoms with van der Waals surface area (Å²) in [5.41, 5.74) is 4.58. The van der Waals surface area contributed by atoms with E-state index in [0.29, 0.717) is 0 Å². The number of carbonyl (C=O) groups is 3. The number of nitrogens with one attached hydrogen (secondary N) is 3. The van der Waals surface area contributed by atoms with Crippen molar-refractivity contribution in [1.29, 1.82) is 0 Å². The fourth-order valence-corrected chi connectivity index (χ4v) is 1.01. The summed E-state index contributed by atoms with van der Waals surface area (Å²) in [4.78, 5) is 32.8. The van der Waals surface area contributed by atoms with Gasteiger partial charge in [0, 0.05) is 12.6 Å². The standard InChI is InChI=1S/C10H11N3O4/c1-11-10(17)13-12-8(14)6-2-4-7(5-3-6)9(15)16/h2-5H,1H3,(H,12,14)(H,15,16)(H2,11,13,17). The lowest BCUT2D eigenvalue weighted by Crippen LogP contribution is -2.45. The van der Waals surface area contributed by atoms with Gasteiger partial charge in [0.05, 0.1) is 5.56 Å². The molecule has 0 aromatic heterocycles. The van der Waals surface area contributed by atoms with Crippen molar-refractivity contribution >= 4 is 17.9 Å². The van der Waals surface area contributed by atoms with Crippen LogP contribution in [0.5, 0.6) is 0 Å². The molecule has 0 heterocycles. The van der Waals surface area contributed by atoms with Gasteiger partial charge in [-0.2, -0.15) is 0 Å².